The standard InChI is InChI=1S/C21H21N5O3/c1-13-9-15(14-5-3-7-22-10-14)11-23-19(13)24-17(27)12-26-8-4-6-16-18(26)21(29)25(2)20(16)28/h3,5,7,9-11H,4,6,8,12H2,1-2H3,(H,23,24,27). The van der Waals surface area contributed by atoms with E-state index < -0.39 is 0 Å². The molecule has 148 valence electrons. The first-order valence-corrected chi connectivity index (χ1v) is 9.43. The maximum absolute atomic E-state index is 12.6. The molecule has 2 aromatic rings. The monoisotopic (exact) mass is 391 g/mol. The summed E-state index contributed by atoms with van der Waals surface area (Å²) in [5.74, 6) is -0.413. The van der Waals surface area contributed by atoms with Crippen molar-refractivity contribution in [3.8, 4) is 11.1 Å². The summed E-state index contributed by atoms with van der Waals surface area (Å²) < 4.78 is 0. The number of carbonyl (C=O) groups is 3. The third-order valence-corrected chi connectivity index (χ3v) is 5.19. The summed E-state index contributed by atoms with van der Waals surface area (Å²) in [5.41, 5.74) is 3.55. The van der Waals surface area contributed by atoms with E-state index in [-0.39, 0.29) is 24.3 Å². The minimum Gasteiger partial charge on any atom is -0.357 e. The molecule has 0 aliphatic carbocycles. The number of nitrogens with one attached hydrogen (secondary N) is 1. The Kier molecular flexibility index (Phi) is 4.84. The van der Waals surface area contributed by atoms with Gasteiger partial charge in [-0.25, -0.2) is 4.98 Å². The van der Waals surface area contributed by atoms with Gasteiger partial charge in [-0.05, 0) is 37.5 Å². The van der Waals surface area contributed by atoms with Crippen LogP contribution in [0.4, 0.5) is 5.82 Å². The summed E-state index contributed by atoms with van der Waals surface area (Å²) in [4.78, 5) is 48.5. The Morgan fingerprint density at radius 2 is 2.03 bits per heavy atom. The van der Waals surface area contributed by atoms with Crippen LogP contribution in [0, 0.1) is 6.92 Å². The van der Waals surface area contributed by atoms with E-state index in [1.807, 2.05) is 25.1 Å². The van der Waals surface area contributed by atoms with Crippen LogP contribution in [0.5, 0.6) is 0 Å². The van der Waals surface area contributed by atoms with Gasteiger partial charge in [-0.2, -0.15) is 0 Å². The molecule has 8 nitrogen and oxygen atoms in total. The summed E-state index contributed by atoms with van der Waals surface area (Å²) >= 11 is 0. The van der Waals surface area contributed by atoms with E-state index in [0.29, 0.717) is 30.1 Å². The normalized spacial score (nSPS) is 16.3. The highest BCUT2D eigenvalue weighted by Crippen LogP contribution is 2.30. The Bertz CT molecular complexity index is 1030. The van der Waals surface area contributed by atoms with Gasteiger partial charge in [0, 0.05) is 48.9 Å². The molecule has 1 N–H and O–H groups in total. The number of rotatable bonds is 4. The molecule has 2 aliphatic rings. The number of imide groups is 1. The molecule has 0 bridgehead atoms. The van der Waals surface area contributed by atoms with E-state index in [4.69, 9.17) is 0 Å². The minimum absolute atomic E-state index is 0.00281. The Hall–Kier alpha value is -3.55. The molecule has 29 heavy (non-hydrogen) atoms. The first kappa shape index (κ1) is 18.8. The van der Waals surface area contributed by atoms with Gasteiger partial charge in [0.15, 0.2) is 0 Å². The van der Waals surface area contributed by atoms with Crippen LogP contribution in [0.2, 0.25) is 0 Å². The largest absolute Gasteiger partial charge is 0.357 e. The fraction of sp³-hybridized carbons (Fsp3) is 0.286. The minimum atomic E-state index is -0.340. The molecule has 4 heterocycles. The SMILES string of the molecule is Cc1cc(-c2cccnc2)cnc1NC(=O)CN1CCCC2=C1C(=O)N(C)C2=O. The maximum Gasteiger partial charge on any atom is 0.277 e. The van der Waals surface area contributed by atoms with Crippen molar-refractivity contribution in [1.29, 1.82) is 0 Å². The van der Waals surface area contributed by atoms with Gasteiger partial charge in [0.2, 0.25) is 5.91 Å². The van der Waals surface area contributed by atoms with Gasteiger partial charge in [-0.15, -0.1) is 0 Å². The molecular formula is C21H21N5O3. The zero-order chi connectivity index (χ0) is 20.5. The smallest absolute Gasteiger partial charge is 0.277 e. The molecule has 0 saturated carbocycles. The molecule has 0 aromatic carbocycles. The highest BCUT2D eigenvalue weighted by atomic mass is 16.2. The lowest BCUT2D eigenvalue weighted by molar-refractivity contribution is -0.136. The number of carbonyl (C=O) groups excluding carboxylic acids is 3. The summed E-state index contributed by atoms with van der Waals surface area (Å²) in [6.07, 6.45) is 6.46. The maximum atomic E-state index is 12.6. The van der Waals surface area contributed by atoms with Crippen LogP contribution in [0.3, 0.4) is 0 Å². The number of nitrogens with zero attached hydrogens (tertiary/aromatic N) is 4. The second-order valence-corrected chi connectivity index (χ2v) is 7.20. The third kappa shape index (κ3) is 3.49. The highest BCUT2D eigenvalue weighted by molar-refractivity contribution is 6.19. The van der Waals surface area contributed by atoms with Crippen LogP contribution in [0.25, 0.3) is 11.1 Å². The average Bonchev–Trinajstić information content (AvgIpc) is 2.95. The van der Waals surface area contributed by atoms with E-state index in [0.717, 1.165) is 28.0 Å². The predicted molar refractivity (Wildman–Crippen MR) is 106 cm³/mol. The Morgan fingerprint density at radius 3 is 2.76 bits per heavy atom. The van der Waals surface area contributed by atoms with Gasteiger partial charge >= 0.3 is 0 Å². The van der Waals surface area contributed by atoms with Crippen LogP contribution in [-0.4, -0.2) is 57.6 Å². The summed E-state index contributed by atoms with van der Waals surface area (Å²) in [7, 11) is 1.47. The fourth-order valence-corrected chi connectivity index (χ4v) is 3.69. The summed E-state index contributed by atoms with van der Waals surface area (Å²) in [6, 6.07) is 5.74. The van der Waals surface area contributed by atoms with Crippen molar-refractivity contribution in [3.05, 3.63) is 53.6 Å². The van der Waals surface area contributed by atoms with Gasteiger partial charge in [0.05, 0.1) is 6.54 Å². The molecule has 2 aromatic heterocycles. The van der Waals surface area contributed by atoms with Crippen molar-refractivity contribution in [1.82, 2.24) is 19.8 Å². The fourth-order valence-electron chi connectivity index (χ4n) is 3.69. The number of aryl methyl sites for hydroxylation is 1. The number of likely N-dealkylation sites (N-methyl/N-ethyl adjacent to an activating group) is 1. The zero-order valence-electron chi connectivity index (χ0n) is 16.3. The quantitative estimate of drug-likeness (QED) is 0.798. The van der Waals surface area contributed by atoms with E-state index in [2.05, 4.69) is 15.3 Å². The third-order valence-electron chi connectivity index (χ3n) is 5.19. The highest BCUT2D eigenvalue weighted by Gasteiger charge is 2.40. The van der Waals surface area contributed by atoms with Gasteiger partial charge in [0.1, 0.15) is 11.5 Å². The predicted octanol–water partition coefficient (Wildman–Crippen LogP) is 1.74. The molecule has 8 heteroatoms. The second kappa shape index (κ2) is 7.46. The lowest BCUT2D eigenvalue weighted by Gasteiger charge is -2.28. The van der Waals surface area contributed by atoms with Crippen molar-refractivity contribution in [2.45, 2.75) is 19.8 Å². The summed E-state index contributed by atoms with van der Waals surface area (Å²) in [6.45, 7) is 2.43. The number of aromatic nitrogens is 2. The van der Waals surface area contributed by atoms with E-state index in [1.165, 1.54) is 7.05 Å². The van der Waals surface area contributed by atoms with Crippen molar-refractivity contribution >= 4 is 23.5 Å². The number of anilines is 1. The van der Waals surface area contributed by atoms with Gasteiger partial charge in [-0.1, -0.05) is 6.07 Å². The zero-order valence-corrected chi connectivity index (χ0v) is 16.3. The molecule has 4 rings (SSSR count). The Balaban J connectivity index is 1.48. The number of hydrogen-bond acceptors (Lipinski definition) is 6. The van der Waals surface area contributed by atoms with Crippen molar-refractivity contribution in [3.63, 3.8) is 0 Å². The Morgan fingerprint density at radius 1 is 1.21 bits per heavy atom. The molecule has 0 atom stereocenters. The average molecular weight is 391 g/mol. The van der Waals surface area contributed by atoms with E-state index >= 15 is 0 Å². The first-order chi connectivity index (χ1) is 14.0. The summed E-state index contributed by atoms with van der Waals surface area (Å²) in [5, 5.41) is 2.81. The molecule has 3 amide bonds. The van der Waals surface area contributed by atoms with Crippen molar-refractivity contribution in [2.75, 3.05) is 25.5 Å². The molecule has 2 aliphatic heterocycles. The van der Waals surface area contributed by atoms with E-state index in [1.54, 1.807) is 23.5 Å². The van der Waals surface area contributed by atoms with Crippen LogP contribution in [0.15, 0.2) is 48.1 Å². The van der Waals surface area contributed by atoms with Gasteiger partial charge in [0.25, 0.3) is 11.8 Å². The van der Waals surface area contributed by atoms with Gasteiger partial charge < -0.3 is 10.2 Å². The van der Waals surface area contributed by atoms with Gasteiger partial charge in [-0.3, -0.25) is 24.3 Å². The first-order valence-electron chi connectivity index (χ1n) is 9.43. The van der Waals surface area contributed by atoms with Crippen LogP contribution in [0.1, 0.15) is 18.4 Å². The molecule has 0 spiro atoms. The lowest BCUT2D eigenvalue weighted by Crippen LogP contribution is -2.38. The molecule has 0 unspecified atom stereocenters. The van der Waals surface area contributed by atoms with Crippen molar-refractivity contribution < 1.29 is 14.4 Å². The lowest BCUT2D eigenvalue weighted by atomic mass is 10.0. The van der Waals surface area contributed by atoms with Crippen LogP contribution in [-0.2, 0) is 14.4 Å². The topological polar surface area (TPSA) is 95.5 Å². The Labute approximate surface area is 168 Å². The molecule has 0 fully saturated rings. The number of amides is 3. The molecule has 0 radical (unpaired) electrons. The molecule has 0 saturated heterocycles. The van der Waals surface area contributed by atoms with Crippen LogP contribution >= 0.6 is 0 Å². The van der Waals surface area contributed by atoms with E-state index in [9.17, 15) is 14.4 Å². The second-order valence-electron chi connectivity index (χ2n) is 7.20. The molecular weight excluding hydrogens is 370 g/mol. The van der Waals surface area contributed by atoms with Crippen LogP contribution < -0.4 is 5.32 Å². The number of hydrogen-bond donors (Lipinski definition) is 1. The number of pyridine rings is 2. The van der Waals surface area contributed by atoms with Crippen molar-refractivity contribution in [2.24, 2.45) is 0 Å².